The lowest BCUT2D eigenvalue weighted by Crippen LogP contribution is -1.99. The van der Waals surface area contributed by atoms with Crippen molar-refractivity contribution in [3.8, 4) is 10.7 Å². The van der Waals surface area contributed by atoms with E-state index in [0.29, 0.717) is 0 Å². The van der Waals surface area contributed by atoms with Crippen molar-refractivity contribution in [2.75, 3.05) is 0 Å². The molecule has 17 heavy (non-hydrogen) atoms. The number of nitrogens with zero attached hydrogens (tertiary/aromatic N) is 2. The standard InChI is InChI=1S/C12H12N2O2S/c1-7-4-3-5-9(13-7)12-14-8(2)10(17-12)6-11(15)16/h3-5H,6H2,1-2H3,(H,15,16). The molecule has 0 aliphatic carbocycles. The van der Waals surface area contributed by atoms with E-state index in [4.69, 9.17) is 5.11 Å². The Bertz CT molecular complexity index is 563. The molecule has 2 aromatic heterocycles. The lowest BCUT2D eigenvalue weighted by atomic mass is 10.3. The summed E-state index contributed by atoms with van der Waals surface area (Å²) < 4.78 is 0. The van der Waals surface area contributed by atoms with E-state index in [1.807, 2.05) is 32.0 Å². The van der Waals surface area contributed by atoms with E-state index in [9.17, 15) is 4.79 Å². The maximum absolute atomic E-state index is 10.7. The molecule has 0 atom stereocenters. The number of thiazole rings is 1. The topological polar surface area (TPSA) is 63.1 Å². The Hall–Kier alpha value is -1.75. The van der Waals surface area contributed by atoms with Gasteiger partial charge in [-0.2, -0.15) is 0 Å². The monoisotopic (exact) mass is 248 g/mol. The first-order valence-corrected chi connectivity index (χ1v) is 6.00. The molecule has 5 heteroatoms. The van der Waals surface area contributed by atoms with Gasteiger partial charge in [0.15, 0.2) is 0 Å². The molecule has 0 amide bonds. The van der Waals surface area contributed by atoms with Gasteiger partial charge in [0.25, 0.3) is 0 Å². The second kappa shape index (κ2) is 4.63. The number of rotatable bonds is 3. The summed E-state index contributed by atoms with van der Waals surface area (Å²) in [7, 11) is 0. The van der Waals surface area contributed by atoms with Crippen LogP contribution in [0.25, 0.3) is 10.7 Å². The Balaban J connectivity index is 2.37. The van der Waals surface area contributed by atoms with Gasteiger partial charge < -0.3 is 5.11 Å². The summed E-state index contributed by atoms with van der Waals surface area (Å²) in [6, 6.07) is 5.73. The zero-order valence-electron chi connectivity index (χ0n) is 9.60. The van der Waals surface area contributed by atoms with E-state index in [2.05, 4.69) is 9.97 Å². The second-order valence-electron chi connectivity index (χ2n) is 3.76. The molecule has 4 nitrogen and oxygen atoms in total. The molecule has 88 valence electrons. The van der Waals surface area contributed by atoms with Crippen LogP contribution >= 0.6 is 11.3 Å². The van der Waals surface area contributed by atoms with Crippen molar-refractivity contribution >= 4 is 17.3 Å². The Labute approximate surface area is 103 Å². The second-order valence-corrected chi connectivity index (χ2v) is 4.85. The summed E-state index contributed by atoms with van der Waals surface area (Å²) in [6.07, 6.45) is 0.0231. The Morgan fingerprint density at radius 2 is 2.12 bits per heavy atom. The fraction of sp³-hybridized carbons (Fsp3) is 0.250. The SMILES string of the molecule is Cc1cccc(-c2nc(C)c(CC(=O)O)s2)n1. The van der Waals surface area contributed by atoms with Gasteiger partial charge in [0.2, 0.25) is 0 Å². The van der Waals surface area contributed by atoms with Gasteiger partial charge in [-0.25, -0.2) is 4.98 Å². The van der Waals surface area contributed by atoms with Gasteiger partial charge in [0, 0.05) is 10.6 Å². The highest BCUT2D eigenvalue weighted by Crippen LogP contribution is 2.26. The zero-order chi connectivity index (χ0) is 12.4. The Morgan fingerprint density at radius 3 is 2.76 bits per heavy atom. The first kappa shape index (κ1) is 11.7. The smallest absolute Gasteiger partial charge is 0.308 e. The molecule has 2 aromatic rings. The Kier molecular flexibility index (Phi) is 3.19. The molecule has 0 saturated heterocycles. The fourth-order valence-corrected chi connectivity index (χ4v) is 2.52. The third-order valence-electron chi connectivity index (χ3n) is 2.31. The number of hydrogen-bond acceptors (Lipinski definition) is 4. The van der Waals surface area contributed by atoms with Crippen LogP contribution in [0.5, 0.6) is 0 Å². The van der Waals surface area contributed by atoms with E-state index in [0.717, 1.165) is 27.0 Å². The van der Waals surface area contributed by atoms with Gasteiger partial charge in [-0.3, -0.25) is 9.78 Å². The van der Waals surface area contributed by atoms with Gasteiger partial charge in [0.1, 0.15) is 5.01 Å². The van der Waals surface area contributed by atoms with Crippen molar-refractivity contribution < 1.29 is 9.90 Å². The summed E-state index contributed by atoms with van der Waals surface area (Å²) in [5.41, 5.74) is 2.50. The van der Waals surface area contributed by atoms with Gasteiger partial charge in [-0.05, 0) is 26.0 Å². The highest BCUT2D eigenvalue weighted by molar-refractivity contribution is 7.15. The van der Waals surface area contributed by atoms with Gasteiger partial charge in [-0.1, -0.05) is 6.07 Å². The van der Waals surface area contributed by atoms with Gasteiger partial charge in [0.05, 0.1) is 17.8 Å². The number of pyridine rings is 1. The van der Waals surface area contributed by atoms with E-state index in [1.54, 1.807) is 0 Å². The van der Waals surface area contributed by atoms with Crippen molar-refractivity contribution in [1.29, 1.82) is 0 Å². The third-order valence-corrected chi connectivity index (χ3v) is 3.49. The highest BCUT2D eigenvalue weighted by atomic mass is 32.1. The number of aromatic nitrogens is 2. The minimum absolute atomic E-state index is 0.0231. The van der Waals surface area contributed by atoms with Gasteiger partial charge in [-0.15, -0.1) is 11.3 Å². The summed E-state index contributed by atoms with van der Waals surface area (Å²) in [5.74, 6) is -0.833. The first-order valence-electron chi connectivity index (χ1n) is 5.18. The molecule has 0 aromatic carbocycles. The normalized spacial score (nSPS) is 10.5. The predicted octanol–water partition coefficient (Wildman–Crippen LogP) is 2.45. The van der Waals surface area contributed by atoms with Crippen LogP contribution in [0, 0.1) is 13.8 Å². The molecule has 0 aliphatic rings. The lowest BCUT2D eigenvalue weighted by Gasteiger charge is -1.96. The predicted molar refractivity (Wildman–Crippen MR) is 66.2 cm³/mol. The quantitative estimate of drug-likeness (QED) is 0.906. The van der Waals surface area contributed by atoms with Crippen LogP contribution in [0.4, 0.5) is 0 Å². The van der Waals surface area contributed by atoms with Crippen LogP contribution in [-0.4, -0.2) is 21.0 Å². The van der Waals surface area contributed by atoms with Crippen molar-refractivity contribution in [3.63, 3.8) is 0 Å². The molecule has 0 bridgehead atoms. The average Bonchev–Trinajstić information content (AvgIpc) is 2.59. The van der Waals surface area contributed by atoms with Crippen LogP contribution in [0.3, 0.4) is 0 Å². The maximum atomic E-state index is 10.7. The minimum Gasteiger partial charge on any atom is -0.481 e. The number of carboxylic acids is 1. The largest absolute Gasteiger partial charge is 0.481 e. The molecule has 0 unspecified atom stereocenters. The summed E-state index contributed by atoms with van der Waals surface area (Å²) in [5, 5.41) is 9.56. The van der Waals surface area contributed by atoms with Crippen LogP contribution in [0.15, 0.2) is 18.2 Å². The molecule has 0 aliphatic heterocycles. The van der Waals surface area contributed by atoms with Crippen molar-refractivity contribution in [2.24, 2.45) is 0 Å². The first-order chi connectivity index (χ1) is 8.06. The minimum atomic E-state index is -0.833. The number of carboxylic acid groups (broad SMARTS) is 1. The van der Waals surface area contributed by atoms with Crippen LogP contribution < -0.4 is 0 Å². The molecule has 2 heterocycles. The Morgan fingerprint density at radius 1 is 1.35 bits per heavy atom. The van der Waals surface area contributed by atoms with E-state index >= 15 is 0 Å². The number of aliphatic carboxylic acids is 1. The molecular weight excluding hydrogens is 236 g/mol. The van der Waals surface area contributed by atoms with Gasteiger partial charge >= 0.3 is 5.97 Å². The third kappa shape index (κ3) is 2.68. The van der Waals surface area contributed by atoms with Crippen LogP contribution in [0.1, 0.15) is 16.3 Å². The average molecular weight is 248 g/mol. The summed E-state index contributed by atoms with van der Waals surface area (Å²) in [6.45, 7) is 3.75. The molecule has 0 radical (unpaired) electrons. The highest BCUT2D eigenvalue weighted by Gasteiger charge is 2.12. The van der Waals surface area contributed by atoms with Crippen molar-refractivity contribution in [3.05, 3.63) is 34.5 Å². The molecule has 0 fully saturated rings. The number of carbonyl (C=O) groups is 1. The summed E-state index contributed by atoms with van der Waals surface area (Å²) in [4.78, 5) is 20.2. The van der Waals surface area contributed by atoms with E-state index < -0.39 is 5.97 Å². The summed E-state index contributed by atoms with van der Waals surface area (Å²) >= 11 is 1.40. The molecular formula is C12H12N2O2S. The van der Waals surface area contributed by atoms with Crippen molar-refractivity contribution in [1.82, 2.24) is 9.97 Å². The molecule has 1 N–H and O–H groups in total. The number of hydrogen-bond donors (Lipinski definition) is 1. The molecule has 0 saturated carbocycles. The molecule has 2 rings (SSSR count). The number of aryl methyl sites for hydroxylation is 2. The van der Waals surface area contributed by atoms with Crippen LogP contribution in [-0.2, 0) is 11.2 Å². The fourth-order valence-electron chi connectivity index (χ4n) is 1.50. The lowest BCUT2D eigenvalue weighted by molar-refractivity contribution is -0.136. The van der Waals surface area contributed by atoms with Crippen LogP contribution in [0.2, 0.25) is 0 Å². The maximum Gasteiger partial charge on any atom is 0.308 e. The molecule has 0 spiro atoms. The van der Waals surface area contributed by atoms with E-state index in [1.165, 1.54) is 11.3 Å². The van der Waals surface area contributed by atoms with E-state index in [-0.39, 0.29) is 6.42 Å². The van der Waals surface area contributed by atoms with Crippen molar-refractivity contribution in [2.45, 2.75) is 20.3 Å². The zero-order valence-corrected chi connectivity index (χ0v) is 10.4.